The maximum absolute atomic E-state index is 12.8. The molecule has 4 rings (SSSR count). The van der Waals surface area contributed by atoms with E-state index in [9.17, 15) is 4.79 Å². The van der Waals surface area contributed by atoms with Crippen molar-refractivity contribution in [3.8, 4) is 11.3 Å². The SMILES string of the molecule is Cc1cccc(-c2cccc([C@H]3CCCN(C(=O)c4ccncc4)C3)n2)c1. The molecule has 1 amide bonds. The third-order valence-electron chi connectivity index (χ3n) is 5.14. The van der Waals surface area contributed by atoms with Gasteiger partial charge in [0.1, 0.15) is 0 Å². The van der Waals surface area contributed by atoms with Crippen LogP contribution in [0.5, 0.6) is 0 Å². The number of hydrogen-bond donors (Lipinski definition) is 0. The van der Waals surface area contributed by atoms with E-state index in [0.717, 1.165) is 36.3 Å². The minimum atomic E-state index is 0.0805. The normalized spacial score (nSPS) is 16.9. The molecular formula is C23H23N3O. The fraction of sp³-hybridized carbons (Fsp3) is 0.261. The summed E-state index contributed by atoms with van der Waals surface area (Å²) in [7, 11) is 0. The topological polar surface area (TPSA) is 46.1 Å². The molecular weight excluding hydrogens is 334 g/mol. The predicted octanol–water partition coefficient (Wildman–Crippen LogP) is 4.47. The lowest BCUT2D eigenvalue weighted by Crippen LogP contribution is -2.39. The summed E-state index contributed by atoms with van der Waals surface area (Å²) in [6.45, 7) is 3.61. The van der Waals surface area contributed by atoms with Crippen molar-refractivity contribution in [2.45, 2.75) is 25.7 Å². The Morgan fingerprint density at radius 3 is 2.70 bits per heavy atom. The largest absolute Gasteiger partial charge is 0.338 e. The number of carbonyl (C=O) groups is 1. The van der Waals surface area contributed by atoms with Crippen LogP contribution in [0.4, 0.5) is 0 Å². The molecule has 2 aromatic heterocycles. The summed E-state index contributed by atoms with van der Waals surface area (Å²) in [4.78, 5) is 23.7. The maximum atomic E-state index is 12.8. The third kappa shape index (κ3) is 3.90. The van der Waals surface area contributed by atoms with Gasteiger partial charge in [0.25, 0.3) is 5.91 Å². The van der Waals surface area contributed by atoms with Gasteiger partial charge in [0.15, 0.2) is 0 Å². The van der Waals surface area contributed by atoms with E-state index in [1.54, 1.807) is 24.5 Å². The summed E-state index contributed by atoms with van der Waals surface area (Å²) in [5, 5.41) is 0. The van der Waals surface area contributed by atoms with Gasteiger partial charge in [-0.3, -0.25) is 14.8 Å². The van der Waals surface area contributed by atoms with E-state index in [1.165, 1.54) is 5.56 Å². The van der Waals surface area contributed by atoms with Crippen LogP contribution < -0.4 is 0 Å². The Morgan fingerprint density at radius 1 is 1.07 bits per heavy atom. The highest BCUT2D eigenvalue weighted by molar-refractivity contribution is 5.94. The number of aryl methyl sites for hydroxylation is 1. The average Bonchev–Trinajstić information content (AvgIpc) is 2.74. The first-order valence-electron chi connectivity index (χ1n) is 9.44. The Hall–Kier alpha value is -3.01. The number of aromatic nitrogens is 2. The second kappa shape index (κ2) is 7.70. The summed E-state index contributed by atoms with van der Waals surface area (Å²) < 4.78 is 0. The first-order chi connectivity index (χ1) is 13.2. The molecule has 136 valence electrons. The predicted molar refractivity (Wildman–Crippen MR) is 107 cm³/mol. The number of benzene rings is 1. The third-order valence-corrected chi connectivity index (χ3v) is 5.14. The molecule has 1 atom stereocenters. The van der Waals surface area contributed by atoms with Crippen LogP contribution in [0.1, 0.15) is 40.4 Å². The highest BCUT2D eigenvalue weighted by Gasteiger charge is 2.26. The molecule has 0 saturated carbocycles. The van der Waals surface area contributed by atoms with Gasteiger partial charge in [-0.15, -0.1) is 0 Å². The van der Waals surface area contributed by atoms with Crippen molar-refractivity contribution in [2.75, 3.05) is 13.1 Å². The standard InChI is InChI=1S/C23H23N3O/c1-17-5-2-6-19(15-17)21-8-3-9-22(25-21)20-7-4-14-26(16-20)23(27)18-10-12-24-13-11-18/h2-3,5-6,8-13,15,20H,4,7,14,16H2,1H3/t20-/m0/s1. The summed E-state index contributed by atoms with van der Waals surface area (Å²) in [6, 6.07) is 18.2. The molecule has 0 unspecified atom stereocenters. The van der Waals surface area contributed by atoms with Crippen molar-refractivity contribution < 1.29 is 4.79 Å². The zero-order valence-corrected chi connectivity index (χ0v) is 15.5. The van der Waals surface area contributed by atoms with Crippen LogP contribution in [-0.2, 0) is 0 Å². The quantitative estimate of drug-likeness (QED) is 0.695. The second-order valence-corrected chi connectivity index (χ2v) is 7.14. The van der Waals surface area contributed by atoms with Gasteiger partial charge in [-0.25, -0.2) is 0 Å². The number of rotatable bonds is 3. The summed E-state index contributed by atoms with van der Waals surface area (Å²) in [5.41, 5.74) is 5.13. The van der Waals surface area contributed by atoms with Crippen LogP contribution in [0.3, 0.4) is 0 Å². The van der Waals surface area contributed by atoms with E-state index in [0.29, 0.717) is 12.1 Å². The van der Waals surface area contributed by atoms with Gasteiger partial charge in [-0.05, 0) is 50.1 Å². The van der Waals surface area contributed by atoms with Crippen molar-refractivity contribution in [2.24, 2.45) is 0 Å². The number of carbonyl (C=O) groups excluding carboxylic acids is 1. The molecule has 3 aromatic rings. The van der Waals surface area contributed by atoms with E-state index in [2.05, 4.69) is 54.4 Å². The van der Waals surface area contributed by atoms with Gasteiger partial charge in [0.2, 0.25) is 0 Å². The molecule has 1 saturated heterocycles. The lowest BCUT2D eigenvalue weighted by molar-refractivity contribution is 0.0706. The van der Waals surface area contributed by atoms with Gasteiger partial charge >= 0.3 is 0 Å². The van der Waals surface area contributed by atoms with Gasteiger partial charge in [-0.1, -0.05) is 29.8 Å². The Bertz CT molecular complexity index is 939. The molecule has 0 bridgehead atoms. The van der Waals surface area contributed by atoms with Crippen LogP contribution in [0.2, 0.25) is 0 Å². The highest BCUT2D eigenvalue weighted by Crippen LogP contribution is 2.28. The Labute approximate surface area is 159 Å². The Balaban J connectivity index is 1.55. The van der Waals surface area contributed by atoms with E-state index >= 15 is 0 Å². The Morgan fingerprint density at radius 2 is 1.89 bits per heavy atom. The Kier molecular flexibility index (Phi) is 4.97. The molecule has 1 aromatic carbocycles. The zero-order chi connectivity index (χ0) is 18.6. The second-order valence-electron chi connectivity index (χ2n) is 7.14. The minimum Gasteiger partial charge on any atom is -0.338 e. The van der Waals surface area contributed by atoms with Gasteiger partial charge < -0.3 is 4.90 Å². The van der Waals surface area contributed by atoms with Crippen LogP contribution >= 0.6 is 0 Å². The fourth-order valence-electron chi connectivity index (χ4n) is 3.72. The summed E-state index contributed by atoms with van der Waals surface area (Å²) >= 11 is 0. The van der Waals surface area contributed by atoms with Crippen LogP contribution in [0, 0.1) is 6.92 Å². The molecule has 0 spiro atoms. The van der Waals surface area contributed by atoms with Crippen molar-refractivity contribution in [1.82, 2.24) is 14.9 Å². The first kappa shape index (κ1) is 17.4. The number of amides is 1. The van der Waals surface area contributed by atoms with Crippen LogP contribution in [0.15, 0.2) is 67.0 Å². The fourth-order valence-corrected chi connectivity index (χ4v) is 3.72. The molecule has 3 heterocycles. The first-order valence-corrected chi connectivity index (χ1v) is 9.44. The van der Waals surface area contributed by atoms with Crippen molar-refractivity contribution in [3.05, 3.63) is 83.8 Å². The van der Waals surface area contributed by atoms with Gasteiger partial charge in [0.05, 0.1) is 5.69 Å². The molecule has 0 N–H and O–H groups in total. The summed E-state index contributed by atoms with van der Waals surface area (Å²) in [6.07, 6.45) is 5.39. The number of likely N-dealkylation sites (tertiary alicyclic amines) is 1. The molecule has 1 fully saturated rings. The molecule has 0 aliphatic carbocycles. The van der Waals surface area contributed by atoms with Crippen molar-refractivity contribution in [1.29, 1.82) is 0 Å². The van der Waals surface area contributed by atoms with Gasteiger partial charge in [0, 0.05) is 48.2 Å². The summed E-state index contributed by atoms with van der Waals surface area (Å²) in [5.74, 6) is 0.353. The van der Waals surface area contributed by atoms with Crippen LogP contribution in [0.25, 0.3) is 11.3 Å². The van der Waals surface area contributed by atoms with E-state index in [-0.39, 0.29) is 11.8 Å². The number of pyridine rings is 2. The zero-order valence-electron chi connectivity index (χ0n) is 15.5. The monoisotopic (exact) mass is 357 g/mol. The minimum absolute atomic E-state index is 0.0805. The van der Waals surface area contributed by atoms with E-state index in [4.69, 9.17) is 4.98 Å². The van der Waals surface area contributed by atoms with Crippen LogP contribution in [-0.4, -0.2) is 33.9 Å². The maximum Gasteiger partial charge on any atom is 0.253 e. The molecule has 0 radical (unpaired) electrons. The van der Waals surface area contributed by atoms with Gasteiger partial charge in [-0.2, -0.15) is 0 Å². The number of piperidine rings is 1. The number of nitrogens with zero attached hydrogens (tertiary/aromatic N) is 3. The highest BCUT2D eigenvalue weighted by atomic mass is 16.2. The molecule has 1 aliphatic heterocycles. The van der Waals surface area contributed by atoms with Crippen molar-refractivity contribution >= 4 is 5.91 Å². The molecule has 27 heavy (non-hydrogen) atoms. The number of hydrogen-bond acceptors (Lipinski definition) is 3. The smallest absolute Gasteiger partial charge is 0.253 e. The van der Waals surface area contributed by atoms with E-state index < -0.39 is 0 Å². The molecule has 4 heteroatoms. The lowest BCUT2D eigenvalue weighted by atomic mass is 9.93. The van der Waals surface area contributed by atoms with E-state index in [1.807, 2.05) is 4.90 Å². The molecule has 1 aliphatic rings. The van der Waals surface area contributed by atoms with Crippen molar-refractivity contribution in [3.63, 3.8) is 0 Å². The molecule has 4 nitrogen and oxygen atoms in total. The average molecular weight is 357 g/mol. The lowest BCUT2D eigenvalue weighted by Gasteiger charge is -2.32.